The number of aromatic nitrogens is 3. The number of thioether (sulfide) groups is 1. The van der Waals surface area contributed by atoms with E-state index in [1.54, 1.807) is 12.1 Å². The monoisotopic (exact) mass is 519 g/mol. The Labute approximate surface area is 218 Å². The molecule has 1 N–H and O–H groups in total. The summed E-state index contributed by atoms with van der Waals surface area (Å²) < 4.78 is 2.00. The van der Waals surface area contributed by atoms with Gasteiger partial charge in [0.1, 0.15) is 0 Å². The maximum atomic E-state index is 13.3. The van der Waals surface area contributed by atoms with Crippen LogP contribution in [0.15, 0.2) is 71.9 Å². The van der Waals surface area contributed by atoms with Crippen LogP contribution in [-0.2, 0) is 11.3 Å². The van der Waals surface area contributed by atoms with Crippen LogP contribution in [-0.4, -0.2) is 43.8 Å². The molecule has 0 bridgehead atoms. The largest absolute Gasteiger partial charge is 0.328 e. The van der Waals surface area contributed by atoms with Crippen molar-refractivity contribution in [3.8, 4) is 0 Å². The van der Waals surface area contributed by atoms with Gasteiger partial charge in [-0.2, -0.15) is 0 Å². The Balaban J connectivity index is 1.27. The lowest BCUT2D eigenvalue weighted by Gasteiger charge is -2.25. The quantitative estimate of drug-likeness (QED) is 0.311. The zero-order valence-corrected chi connectivity index (χ0v) is 21.4. The molecule has 184 valence electrons. The summed E-state index contributed by atoms with van der Waals surface area (Å²) in [6, 6.07) is 20.8. The number of nitrogens with one attached hydrogen (secondary N) is 1. The number of rotatable bonds is 7. The molecule has 7 nitrogen and oxygen atoms in total. The van der Waals surface area contributed by atoms with Gasteiger partial charge in [0, 0.05) is 18.8 Å². The first-order valence-electron chi connectivity index (χ1n) is 11.9. The van der Waals surface area contributed by atoms with Crippen molar-refractivity contribution < 1.29 is 9.59 Å². The highest BCUT2D eigenvalue weighted by Gasteiger charge is 2.35. The maximum absolute atomic E-state index is 13.3. The molecular weight excluding hydrogens is 494 g/mol. The van der Waals surface area contributed by atoms with E-state index in [4.69, 9.17) is 11.6 Å². The minimum Gasteiger partial charge on any atom is -0.328 e. The zero-order valence-electron chi connectivity index (χ0n) is 19.9. The Morgan fingerprint density at radius 1 is 1.06 bits per heavy atom. The normalized spacial score (nSPS) is 15.4. The van der Waals surface area contributed by atoms with E-state index >= 15 is 0 Å². The van der Waals surface area contributed by atoms with Gasteiger partial charge in [-0.25, -0.2) is 0 Å². The number of fused-ring (bicyclic) bond motifs is 1. The Morgan fingerprint density at radius 2 is 1.83 bits per heavy atom. The smallest absolute Gasteiger partial charge is 0.255 e. The third kappa shape index (κ3) is 4.96. The van der Waals surface area contributed by atoms with Gasteiger partial charge in [-0.3, -0.25) is 9.59 Å². The van der Waals surface area contributed by atoms with Gasteiger partial charge in [0.05, 0.1) is 22.4 Å². The average molecular weight is 520 g/mol. The van der Waals surface area contributed by atoms with Gasteiger partial charge in [0.2, 0.25) is 5.91 Å². The molecule has 0 spiro atoms. The Morgan fingerprint density at radius 3 is 2.64 bits per heavy atom. The SMILES string of the molecule is CCn1c(SCC(=O)Nc2ccc3ccccc3c2)nnc1C1CCCN1C(=O)c1ccccc1Cl. The second kappa shape index (κ2) is 10.7. The molecule has 1 saturated heterocycles. The van der Waals surface area contributed by atoms with Crippen molar-refractivity contribution >= 4 is 51.6 Å². The van der Waals surface area contributed by atoms with Crippen LogP contribution < -0.4 is 5.32 Å². The fraction of sp³-hybridized carbons (Fsp3) is 0.259. The van der Waals surface area contributed by atoms with Crippen LogP contribution in [0.1, 0.15) is 42.0 Å². The number of hydrogen-bond donors (Lipinski definition) is 1. The predicted molar refractivity (Wildman–Crippen MR) is 143 cm³/mol. The van der Waals surface area contributed by atoms with Crippen LogP contribution in [0.5, 0.6) is 0 Å². The molecule has 4 aromatic rings. The molecule has 0 aliphatic carbocycles. The lowest BCUT2D eigenvalue weighted by Crippen LogP contribution is -2.32. The molecule has 5 rings (SSSR count). The van der Waals surface area contributed by atoms with Gasteiger partial charge in [-0.05, 0) is 54.8 Å². The number of halogens is 1. The molecule has 3 aromatic carbocycles. The van der Waals surface area contributed by atoms with Gasteiger partial charge in [0.15, 0.2) is 11.0 Å². The summed E-state index contributed by atoms with van der Waals surface area (Å²) in [6.07, 6.45) is 1.69. The lowest BCUT2D eigenvalue weighted by atomic mass is 10.1. The molecule has 1 aliphatic rings. The van der Waals surface area contributed by atoms with Crippen LogP contribution in [0.4, 0.5) is 5.69 Å². The number of carbonyl (C=O) groups is 2. The van der Waals surface area contributed by atoms with Gasteiger partial charge >= 0.3 is 0 Å². The average Bonchev–Trinajstić information content (AvgIpc) is 3.54. The first-order chi connectivity index (χ1) is 17.5. The van der Waals surface area contributed by atoms with Crippen LogP contribution in [0.3, 0.4) is 0 Å². The van der Waals surface area contributed by atoms with E-state index in [9.17, 15) is 9.59 Å². The summed E-state index contributed by atoms with van der Waals surface area (Å²) in [7, 11) is 0. The molecule has 0 saturated carbocycles. The minimum absolute atomic E-state index is 0.0993. The fourth-order valence-corrected chi connectivity index (χ4v) is 5.64. The molecule has 2 amide bonds. The number of likely N-dealkylation sites (tertiary alicyclic amines) is 1. The Bertz CT molecular complexity index is 1420. The third-order valence-electron chi connectivity index (χ3n) is 6.34. The summed E-state index contributed by atoms with van der Waals surface area (Å²) >= 11 is 7.63. The van der Waals surface area contributed by atoms with E-state index in [2.05, 4.69) is 15.5 Å². The number of amides is 2. The maximum Gasteiger partial charge on any atom is 0.255 e. The summed E-state index contributed by atoms with van der Waals surface area (Å²) in [5, 5.41) is 15.1. The fourth-order valence-electron chi connectivity index (χ4n) is 4.61. The Kier molecular flexibility index (Phi) is 7.25. The van der Waals surface area contributed by atoms with Crippen molar-refractivity contribution in [1.29, 1.82) is 0 Å². The van der Waals surface area contributed by atoms with E-state index in [1.165, 1.54) is 11.8 Å². The first-order valence-corrected chi connectivity index (χ1v) is 13.3. The van der Waals surface area contributed by atoms with Crippen LogP contribution >= 0.6 is 23.4 Å². The predicted octanol–water partition coefficient (Wildman–Crippen LogP) is 5.81. The molecule has 1 aliphatic heterocycles. The van der Waals surface area contributed by atoms with Crippen LogP contribution in [0.25, 0.3) is 10.8 Å². The molecule has 2 heterocycles. The molecule has 0 radical (unpaired) electrons. The van der Waals surface area contributed by atoms with E-state index in [-0.39, 0.29) is 23.6 Å². The Hall–Kier alpha value is -3.36. The van der Waals surface area contributed by atoms with Gasteiger partial charge in [-0.1, -0.05) is 65.8 Å². The number of hydrogen-bond acceptors (Lipinski definition) is 5. The topological polar surface area (TPSA) is 80.1 Å². The van der Waals surface area contributed by atoms with Crippen molar-refractivity contribution in [2.45, 2.75) is 37.5 Å². The van der Waals surface area contributed by atoms with Gasteiger partial charge < -0.3 is 14.8 Å². The lowest BCUT2D eigenvalue weighted by molar-refractivity contribution is -0.113. The van der Waals surface area contributed by atoms with Crippen molar-refractivity contribution in [2.24, 2.45) is 0 Å². The molecule has 1 fully saturated rings. The summed E-state index contributed by atoms with van der Waals surface area (Å²) in [5.41, 5.74) is 1.25. The molecule has 36 heavy (non-hydrogen) atoms. The van der Waals surface area contributed by atoms with Crippen LogP contribution in [0, 0.1) is 0 Å². The minimum atomic E-state index is -0.179. The summed E-state index contributed by atoms with van der Waals surface area (Å²) in [6.45, 7) is 3.30. The van der Waals surface area contributed by atoms with Gasteiger partial charge in [0.25, 0.3) is 5.91 Å². The van der Waals surface area contributed by atoms with Gasteiger partial charge in [-0.15, -0.1) is 10.2 Å². The molecular formula is C27H26ClN5O2S. The second-order valence-electron chi connectivity index (χ2n) is 8.62. The number of nitrogens with zero attached hydrogens (tertiary/aromatic N) is 4. The molecule has 1 unspecified atom stereocenters. The van der Waals surface area contributed by atoms with E-state index < -0.39 is 0 Å². The van der Waals surface area contributed by atoms with Crippen molar-refractivity contribution in [3.05, 3.63) is 83.1 Å². The van der Waals surface area contributed by atoms with Crippen LogP contribution in [0.2, 0.25) is 5.02 Å². The number of benzene rings is 3. The second-order valence-corrected chi connectivity index (χ2v) is 9.97. The highest BCUT2D eigenvalue weighted by molar-refractivity contribution is 7.99. The standard InChI is InChI=1S/C27H26ClN5O2S/c1-2-32-25(23-12-7-15-33(23)26(35)21-10-5-6-11-22(21)28)30-31-27(32)36-17-24(34)29-20-14-13-18-8-3-4-9-19(18)16-20/h3-6,8-11,13-14,16,23H,2,7,12,15,17H2,1H3,(H,29,34). The van der Waals surface area contributed by atoms with Crippen molar-refractivity contribution in [2.75, 3.05) is 17.6 Å². The number of anilines is 1. The molecule has 9 heteroatoms. The highest BCUT2D eigenvalue weighted by atomic mass is 35.5. The van der Waals surface area contributed by atoms with Crippen molar-refractivity contribution in [3.63, 3.8) is 0 Å². The molecule has 1 atom stereocenters. The first kappa shape index (κ1) is 24.3. The zero-order chi connectivity index (χ0) is 25.1. The van der Waals surface area contributed by atoms with E-state index in [1.807, 2.05) is 71.0 Å². The molecule has 1 aromatic heterocycles. The van der Waals surface area contributed by atoms with Crippen molar-refractivity contribution in [1.82, 2.24) is 19.7 Å². The number of carbonyl (C=O) groups excluding carboxylic acids is 2. The third-order valence-corrected chi connectivity index (χ3v) is 7.64. The van der Waals surface area contributed by atoms with E-state index in [0.717, 1.165) is 35.1 Å². The highest BCUT2D eigenvalue weighted by Crippen LogP contribution is 2.34. The van der Waals surface area contributed by atoms with E-state index in [0.29, 0.717) is 28.8 Å². The summed E-state index contributed by atoms with van der Waals surface area (Å²) in [5.74, 6) is 0.738. The summed E-state index contributed by atoms with van der Waals surface area (Å²) in [4.78, 5) is 27.7.